The summed E-state index contributed by atoms with van der Waals surface area (Å²) >= 11 is 0. The Morgan fingerprint density at radius 3 is 2.48 bits per heavy atom. The first-order chi connectivity index (χ1) is 12.2. The number of hydrogen-bond donors (Lipinski definition) is 1. The van der Waals surface area contributed by atoms with Crippen LogP contribution in [0.2, 0.25) is 0 Å². The fourth-order valence-corrected chi connectivity index (χ4v) is 3.29. The van der Waals surface area contributed by atoms with Crippen molar-refractivity contribution >= 4 is 11.6 Å². The van der Waals surface area contributed by atoms with E-state index in [4.69, 9.17) is 0 Å². The van der Waals surface area contributed by atoms with Crippen LogP contribution < -0.4 is 5.32 Å². The molecule has 0 aliphatic heterocycles. The number of benzene rings is 2. The van der Waals surface area contributed by atoms with Crippen LogP contribution in [0.4, 0.5) is 10.1 Å². The van der Waals surface area contributed by atoms with E-state index in [9.17, 15) is 9.18 Å². The summed E-state index contributed by atoms with van der Waals surface area (Å²) in [6.07, 6.45) is 3.83. The van der Waals surface area contributed by atoms with Crippen LogP contribution in [0, 0.1) is 5.82 Å². The maximum Gasteiger partial charge on any atom is 0.276 e. The zero-order valence-electron chi connectivity index (χ0n) is 13.7. The number of rotatable bonds is 3. The first-order valence-electron chi connectivity index (χ1n) is 8.45. The lowest BCUT2D eigenvalue weighted by Crippen LogP contribution is -2.15. The van der Waals surface area contributed by atoms with Gasteiger partial charge in [0, 0.05) is 16.9 Å². The molecule has 5 heteroatoms. The van der Waals surface area contributed by atoms with Crippen LogP contribution in [-0.4, -0.2) is 15.7 Å². The van der Waals surface area contributed by atoms with Gasteiger partial charge in [0.05, 0.1) is 5.69 Å². The van der Waals surface area contributed by atoms with Crippen molar-refractivity contribution in [2.75, 3.05) is 5.32 Å². The van der Waals surface area contributed by atoms with Crippen LogP contribution in [0.1, 0.15) is 34.6 Å². The van der Waals surface area contributed by atoms with Crippen LogP contribution in [-0.2, 0) is 12.8 Å². The molecule has 0 bridgehead atoms. The van der Waals surface area contributed by atoms with Gasteiger partial charge in [-0.1, -0.05) is 18.2 Å². The van der Waals surface area contributed by atoms with E-state index in [0.717, 1.165) is 48.3 Å². The molecule has 4 rings (SSSR count). The third kappa shape index (κ3) is 3.05. The quantitative estimate of drug-likeness (QED) is 0.782. The number of nitrogens with one attached hydrogen (secondary N) is 1. The summed E-state index contributed by atoms with van der Waals surface area (Å²) in [4.78, 5) is 12.7. The van der Waals surface area contributed by atoms with Crippen LogP contribution in [0.25, 0.3) is 5.69 Å². The normalized spacial score (nSPS) is 13.3. The number of para-hydroxylation sites is 1. The second-order valence-electron chi connectivity index (χ2n) is 6.19. The van der Waals surface area contributed by atoms with Crippen LogP contribution in [0.5, 0.6) is 0 Å². The smallest absolute Gasteiger partial charge is 0.276 e. The minimum atomic E-state index is -0.285. The van der Waals surface area contributed by atoms with Crippen molar-refractivity contribution in [3.63, 3.8) is 0 Å². The molecule has 0 unspecified atom stereocenters. The average Bonchev–Trinajstić information content (AvgIpc) is 3.03. The Morgan fingerprint density at radius 2 is 1.72 bits per heavy atom. The SMILES string of the molecule is O=C(Nc1ccccc1)c1nn(-c2ccc(F)cc2)c2c1CCCC2. The lowest BCUT2D eigenvalue weighted by molar-refractivity contribution is 0.102. The zero-order chi connectivity index (χ0) is 17.2. The fourth-order valence-electron chi connectivity index (χ4n) is 3.29. The maximum atomic E-state index is 13.2. The number of aromatic nitrogens is 2. The van der Waals surface area contributed by atoms with Gasteiger partial charge >= 0.3 is 0 Å². The molecule has 0 saturated carbocycles. The largest absolute Gasteiger partial charge is 0.321 e. The summed E-state index contributed by atoms with van der Waals surface area (Å²) in [5, 5.41) is 7.48. The summed E-state index contributed by atoms with van der Waals surface area (Å²) in [6, 6.07) is 15.6. The minimum Gasteiger partial charge on any atom is -0.321 e. The number of fused-ring (bicyclic) bond motifs is 1. The number of amides is 1. The predicted molar refractivity (Wildman–Crippen MR) is 94.6 cm³/mol. The molecule has 3 aromatic rings. The molecule has 25 heavy (non-hydrogen) atoms. The Hall–Kier alpha value is -2.95. The van der Waals surface area contributed by atoms with Gasteiger partial charge in [-0.3, -0.25) is 4.79 Å². The fraction of sp³-hybridized carbons (Fsp3) is 0.200. The van der Waals surface area contributed by atoms with Gasteiger partial charge < -0.3 is 5.32 Å². The lowest BCUT2D eigenvalue weighted by Gasteiger charge is -2.14. The first-order valence-corrected chi connectivity index (χ1v) is 8.45. The van der Waals surface area contributed by atoms with Gasteiger partial charge in [-0.2, -0.15) is 5.10 Å². The van der Waals surface area contributed by atoms with Gasteiger partial charge in [-0.25, -0.2) is 9.07 Å². The summed E-state index contributed by atoms with van der Waals surface area (Å²) in [7, 11) is 0. The highest BCUT2D eigenvalue weighted by Crippen LogP contribution is 2.27. The first kappa shape index (κ1) is 15.6. The molecule has 0 atom stereocenters. The molecule has 1 aromatic heterocycles. The van der Waals surface area contributed by atoms with Crippen molar-refractivity contribution in [3.05, 3.63) is 77.4 Å². The van der Waals surface area contributed by atoms with Crippen LogP contribution in [0.15, 0.2) is 54.6 Å². The highest BCUT2D eigenvalue weighted by molar-refractivity contribution is 6.04. The molecule has 2 aromatic carbocycles. The predicted octanol–water partition coefficient (Wildman–Crippen LogP) is 4.14. The van der Waals surface area contributed by atoms with Crippen molar-refractivity contribution in [3.8, 4) is 5.69 Å². The highest BCUT2D eigenvalue weighted by Gasteiger charge is 2.25. The van der Waals surface area contributed by atoms with Gasteiger partial charge in [-0.05, 0) is 62.1 Å². The molecule has 0 fully saturated rings. The van der Waals surface area contributed by atoms with Crippen molar-refractivity contribution < 1.29 is 9.18 Å². The molecule has 1 aliphatic rings. The molecule has 0 spiro atoms. The third-order valence-electron chi connectivity index (χ3n) is 4.50. The maximum absolute atomic E-state index is 13.2. The molecule has 126 valence electrons. The Morgan fingerprint density at radius 1 is 1.00 bits per heavy atom. The van der Waals surface area contributed by atoms with E-state index in [1.54, 1.807) is 16.8 Å². The van der Waals surface area contributed by atoms with Crippen molar-refractivity contribution in [2.45, 2.75) is 25.7 Å². The number of nitrogens with zero attached hydrogens (tertiary/aromatic N) is 2. The Balaban J connectivity index is 1.73. The van der Waals surface area contributed by atoms with E-state index >= 15 is 0 Å². The molecular formula is C20H18FN3O. The number of anilines is 1. The van der Waals surface area contributed by atoms with Gasteiger partial charge in [0.15, 0.2) is 5.69 Å². The number of carbonyl (C=O) groups is 1. The van der Waals surface area contributed by atoms with E-state index in [1.807, 2.05) is 30.3 Å². The lowest BCUT2D eigenvalue weighted by atomic mass is 9.95. The average molecular weight is 335 g/mol. The van der Waals surface area contributed by atoms with Crippen LogP contribution >= 0.6 is 0 Å². The highest BCUT2D eigenvalue weighted by atomic mass is 19.1. The Kier molecular flexibility index (Phi) is 4.06. The summed E-state index contributed by atoms with van der Waals surface area (Å²) in [5.74, 6) is -0.489. The summed E-state index contributed by atoms with van der Waals surface area (Å²) < 4.78 is 15.0. The van der Waals surface area contributed by atoms with Gasteiger partial charge in [0.25, 0.3) is 5.91 Å². The second kappa shape index (κ2) is 6.51. The monoisotopic (exact) mass is 335 g/mol. The number of carbonyl (C=O) groups excluding carboxylic acids is 1. The minimum absolute atomic E-state index is 0.204. The van der Waals surface area contributed by atoms with E-state index in [-0.39, 0.29) is 11.7 Å². The van der Waals surface area contributed by atoms with Gasteiger partial charge in [0.2, 0.25) is 0 Å². The molecule has 1 N–H and O–H groups in total. The number of halogens is 1. The molecule has 4 nitrogen and oxygen atoms in total. The molecule has 0 radical (unpaired) electrons. The number of hydrogen-bond acceptors (Lipinski definition) is 2. The third-order valence-corrected chi connectivity index (χ3v) is 4.50. The zero-order valence-corrected chi connectivity index (χ0v) is 13.7. The summed E-state index contributed by atoms with van der Waals surface area (Å²) in [5.41, 5.74) is 4.04. The van der Waals surface area contributed by atoms with Crippen molar-refractivity contribution in [2.24, 2.45) is 0 Å². The van der Waals surface area contributed by atoms with Gasteiger partial charge in [-0.15, -0.1) is 0 Å². The van der Waals surface area contributed by atoms with E-state index in [1.165, 1.54) is 12.1 Å². The molecule has 1 heterocycles. The topological polar surface area (TPSA) is 46.9 Å². The Labute approximate surface area is 145 Å². The van der Waals surface area contributed by atoms with E-state index in [0.29, 0.717) is 5.69 Å². The van der Waals surface area contributed by atoms with E-state index < -0.39 is 0 Å². The second-order valence-corrected chi connectivity index (χ2v) is 6.19. The Bertz CT molecular complexity index is 901. The summed E-state index contributed by atoms with van der Waals surface area (Å²) in [6.45, 7) is 0. The van der Waals surface area contributed by atoms with Crippen molar-refractivity contribution in [1.29, 1.82) is 0 Å². The van der Waals surface area contributed by atoms with Crippen LogP contribution in [0.3, 0.4) is 0 Å². The molecule has 1 amide bonds. The molecule has 0 saturated heterocycles. The standard InChI is InChI=1S/C20H18FN3O/c21-14-10-12-16(13-11-14)24-18-9-5-4-8-17(18)19(23-24)20(25)22-15-6-2-1-3-7-15/h1-3,6-7,10-13H,4-5,8-9H2,(H,22,25). The van der Waals surface area contributed by atoms with Gasteiger partial charge in [0.1, 0.15) is 5.82 Å². The van der Waals surface area contributed by atoms with Crippen molar-refractivity contribution in [1.82, 2.24) is 9.78 Å². The van der Waals surface area contributed by atoms with E-state index in [2.05, 4.69) is 10.4 Å². The molecular weight excluding hydrogens is 317 g/mol. The molecule has 1 aliphatic carbocycles.